The number of benzene rings is 1. The van der Waals surface area contributed by atoms with Crippen LogP contribution in [0.4, 0.5) is 0 Å². The predicted octanol–water partition coefficient (Wildman–Crippen LogP) is 3.40. The molecule has 4 nitrogen and oxygen atoms in total. The van der Waals surface area contributed by atoms with E-state index in [9.17, 15) is 9.59 Å². The van der Waals surface area contributed by atoms with E-state index < -0.39 is 0 Å². The number of hydrogen-bond donors (Lipinski definition) is 1. The molecular formula is C17H19NO3S. The summed E-state index contributed by atoms with van der Waals surface area (Å²) in [5.74, 6) is -0.525. The summed E-state index contributed by atoms with van der Waals surface area (Å²) in [6, 6.07) is 9.05. The largest absolute Gasteiger partial charge is 0.469 e. The summed E-state index contributed by atoms with van der Waals surface area (Å²) in [4.78, 5) is 25.1. The van der Waals surface area contributed by atoms with Gasteiger partial charge < -0.3 is 10.1 Å². The lowest BCUT2D eigenvalue weighted by atomic mass is 10.0. The molecule has 0 bridgehead atoms. The summed E-state index contributed by atoms with van der Waals surface area (Å²) in [6.07, 6.45) is 0.119. The maximum atomic E-state index is 12.5. The van der Waals surface area contributed by atoms with Crippen LogP contribution in [-0.2, 0) is 9.53 Å². The molecule has 1 aromatic carbocycles. The first-order chi connectivity index (χ1) is 10.5. The first kappa shape index (κ1) is 16.2. The van der Waals surface area contributed by atoms with Crippen LogP contribution < -0.4 is 5.32 Å². The molecule has 0 saturated heterocycles. The summed E-state index contributed by atoms with van der Waals surface area (Å²) in [6.45, 7) is 3.89. The van der Waals surface area contributed by atoms with Gasteiger partial charge in [-0.15, -0.1) is 11.3 Å². The number of amides is 1. The minimum absolute atomic E-state index is 0.119. The number of thiophene rings is 1. The van der Waals surface area contributed by atoms with Crippen molar-refractivity contribution in [2.45, 2.75) is 26.3 Å². The first-order valence-corrected chi connectivity index (χ1v) is 7.88. The number of nitrogens with one attached hydrogen (secondary N) is 1. The fourth-order valence-corrected chi connectivity index (χ4v) is 2.97. The molecule has 0 spiro atoms. The van der Waals surface area contributed by atoms with E-state index in [1.807, 2.05) is 43.5 Å². The molecule has 0 radical (unpaired) electrons. The van der Waals surface area contributed by atoms with Gasteiger partial charge in [-0.25, -0.2) is 0 Å². The van der Waals surface area contributed by atoms with E-state index in [1.54, 1.807) is 6.07 Å². The van der Waals surface area contributed by atoms with E-state index >= 15 is 0 Å². The van der Waals surface area contributed by atoms with Gasteiger partial charge in [0.1, 0.15) is 0 Å². The monoisotopic (exact) mass is 317 g/mol. The summed E-state index contributed by atoms with van der Waals surface area (Å²) in [5.41, 5.74) is 2.64. The zero-order valence-electron chi connectivity index (χ0n) is 12.9. The van der Waals surface area contributed by atoms with Crippen LogP contribution in [-0.4, -0.2) is 19.0 Å². The highest BCUT2D eigenvalue weighted by Gasteiger charge is 2.21. The van der Waals surface area contributed by atoms with Gasteiger partial charge in [0.2, 0.25) is 0 Å². The van der Waals surface area contributed by atoms with Crippen molar-refractivity contribution >= 4 is 23.2 Å². The highest BCUT2D eigenvalue weighted by molar-refractivity contribution is 7.10. The van der Waals surface area contributed by atoms with Crippen molar-refractivity contribution in [1.29, 1.82) is 0 Å². The van der Waals surface area contributed by atoms with Crippen molar-refractivity contribution in [3.63, 3.8) is 0 Å². The molecular weight excluding hydrogens is 298 g/mol. The quantitative estimate of drug-likeness (QED) is 0.860. The van der Waals surface area contributed by atoms with Crippen molar-refractivity contribution in [2.24, 2.45) is 0 Å². The third kappa shape index (κ3) is 3.74. The van der Waals surface area contributed by atoms with Crippen LogP contribution in [0.3, 0.4) is 0 Å². The Balaban J connectivity index is 2.21. The lowest BCUT2D eigenvalue weighted by Gasteiger charge is -2.17. The fraction of sp³-hybridized carbons (Fsp3) is 0.294. The summed E-state index contributed by atoms with van der Waals surface area (Å²) < 4.78 is 4.72. The number of methoxy groups -OCH3 is 1. The van der Waals surface area contributed by atoms with Gasteiger partial charge in [0.05, 0.1) is 19.6 Å². The molecule has 1 amide bonds. The maximum absolute atomic E-state index is 12.5. The third-order valence-corrected chi connectivity index (χ3v) is 4.63. The third-order valence-electron chi connectivity index (χ3n) is 3.64. The molecule has 1 aromatic heterocycles. The van der Waals surface area contributed by atoms with Gasteiger partial charge in [-0.05, 0) is 42.5 Å². The van der Waals surface area contributed by atoms with E-state index in [2.05, 4.69) is 5.32 Å². The van der Waals surface area contributed by atoms with Gasteiger partial charge in [0, 0.05) is 10.4 Å². The molecule has 1 heterocycles. The topological polar surface area (TPSA) is 55.4 Å². The Hall–Kier alpha value is -2.14. The standard InChI is InChI=1S/C17H19NO3S/c1-11-6-4-7-13(12(11)2)17(20)18-14(10-16(19)21-3)15-8-5-9-22-15/h4-9,14H,10H2,1-3H3,(H,18,20). The zero-order chi connectivity index (χ0) is 16.1. The molecule has 2 aromatic rings. The maximum Gasteiger partial charge on any atom is 0.307 e. The van der Waals surface area contributed by atoms with Crippen molar-refractivity contribution in [3.8, 4) is 0 Å². The Bertz CT molecular complexity index is 665. The Morgan fingerprint density at radius 2 is 2.00 bits per heavy atom. The minimum atomic E-state index is -0.375. The van der Waals surface area contributed by atoms with Gasteiger partial charge in [-0.1, -0.05) is 18.2 Å². The Labute approximate surface area is 134 Å². The lowest BCUT2D eigenvalue weighted by molar-refractivity contribution is -0.141. The summed E-state index contributed by atoms with van der Waals surface area (Å²) >= 11 is 1.51. The van der Waals surface area contributed by atoms with Gasteiger partial charge in [-0.3, -0.25) is 9.59 Å². The summed E-state index contributed by atoms with van der Waals surface area (Å²) in [5, 5.41) is 4.86. The molecule has 0 aliphatic rings. The Morgan fingerprint density at radius 3 is 2.64 bits per heavy atom. The van der Waals surface area contributed by atoms with E-state index in [0.29, 0.717) is 5.56 Å². The van der Waals surface area contributed by atoms with Crippen LogP contribution in [0.25, 0.3) is 0 Å². The van der Waals surface area contributed by atoms with Crippen molar-refractivity contribution in [3.05, 3.63) is 57.3 Å². The molecule has 1 unspecified atom stereocenters. The number of rotatable bonds is 5. The zero-order valence-corrected chi connectivity index (χ0v) is 13.7. The van der Waals surface area contributed by atoms with Crippen LogP contribution in [0.15, 0.2) is 35.7 Å². The molecule has 2 rings (SSSR count). The fourth-order valence-electron chi connectivity index (χ4n) is 2.20. The van der Waals surface area contributed by atoms with Crippen molar-refractivity contribution in [2.75, 3.05) is 7.11 Å². The Kier molecular flexibility index (Phi) is 5.33. The second-order valence-electron chi connectivity index (χ2n) is 5.07. The normalized spacial score (nSPS) is 11.8. The number of hydrogen-bond acceptors (Lipinski definition) is 4. The lowest BCUT2D eigenvalue weighted by Crippen LogP contribution is -2.30. The molecule has 1 N–H and O–H groups in total. The second-order valence-corrected chi connectivity index (χ2v) is 6.05. The van der Waals surface area contributed by atoms with Gasteiger partial charge in [-0.2, -0.15) is 0 Å². The summed E-state index contributed by atoms with van der Waals surface area (Å²) in [7, 11) is 1.35. The minimum Gasteiger partial charge on any atom is -0.469 e. The van der Waals surface area contributed by atoms with Crippen LogP contribution in [0.5, 0.6) is 0 Å². The molecule has 116 valence electrons. The number of ether oxygens (including phenoxy) is 1. The second kappa shape index (κ2) is 7.22. The molecule has 1 atom stereocenters. The van der Waals surface area contributed by atoms with Gasteiger partial charge in [0.15, 0.2) is 0 Å². The molecule has 0 aliphatic heterocycles. The average molecular weight is 317 g/mol. The van der Waals surface area contributed by atoms with Crippen LogP contribution in [0.1, 0.15) is 38.8 Å². The van der Waals surface area contributed by atoms with E-state index in [1.165, 1.54) is 18.4 Å². The molecule has 22 heavy (non-hydrogen) atoms. The predicted molar refractivity (Wildman–Crippen MR) is 87.1 cm³/mol. The first-order valence-electron chi connectivity index (χ1n) is 7.00. The van der Waals surface area contributed by atoms with E-state index in [4.69, 9.17) is 4.74 Å². The van der Waals surface area contributed by atoms with Crippen molar-refractivity contribution in [1.82, 2.24) is 5.32 Å². The number of esters is 1. The van der Waals surface area contributed by atoms with Crippen LogP contribution >= 0.6 is 11.3 Å². The Morgan fingerprint density at radius 1 is 1.23 bits per heavy atom. The number of carbonyl (C=O) groups excluding carboxylic acids is 2. The highest BCUT2D eigenvalue weighted by Crippen LogP contribution is 2.23. The molecule has 5 heteroatoms. The van der Waals surface area contributed by atoms with Crippen molar-refractivity contribution < 1.29 is 14.3 Å². The van der Waals surface area contributed by atoms with E-state index in [-0.39, 0.29) is 24.3 Å². The number of aryl methyl sites for hydroxylation is 1. The van der Waals surface area contributed by atoms with E-state index in [0.717, 1.165) is 16.0 Å². The SMILES string of the molecule is COC(=O)CC(NC(=O)c1cccc(C)c1C)c1cccs1. The molecule has 0 aliphatic carbocycles. The smallest absolute Gasteiger partial charge is 0.307 e. The number of carbonyl (C=O) groups is 2. The van der Waals surface area contributed by atoms with Gasteiger partial charge >= 0.3 is 5.97 Å². The van der Waals surface area contributed by atoms with Crippen LogP contribution in [0, 0.1) is 13.8 Å². The average Bonchev–Trinajstić information content (AvgIpc) is 3.03. The van der Waals surface area contributed by atoms with Gasteiger partial charge in [0.25, 0.3) is 5.91 Å². The molecule has 0 fully saturated rings. The highest BCUT2D eigenvalue weighted by atomic mass is 32.1. The van der Waals surface area contributed by atoms with Crippen LogP contribution in [0.2, 0.25) is 0 Å². The molecule has 0 saturated carbocycles.